The highest BCUT2D eigenvalue weighted by molar-refractivity contribution is 6.17. The number of carbonyl (C=O) groups is 3. The molecule has 0 bridgehead atoms. The van der Waals surface area contributed by atoms with Gasteiger partial charge in [-0.25, -0.2) is 0 Å². The van der Waals surface area contributed by atoms with E-state index in [9.17, 15) is 14.4 Å². The standard InChI is InChI=1S/C24H26O9/c1-15-17(29-13-16-6-4-3-5-7-16)8-11-21(31-15)33-22-14-30-23(28-2)12-20(27)32-24(22,23)19(26)10-9-18(22)25/h3-7,9-10,15,17,21H,8,11-14H2,1-2H3/t15-,17-,21-,22-,23+,24+/m0/s1. The molecule has 176 valence electrons. The topological polar surface area (TPSA) is 107 Å². The van der Waals surface area contributed by atoms with Crippen LogP contribution in [0.3, 0.4) is 0 Å². The van der Waals surface area contributed by atoms with Crippen molar-refractivity contribution in [2.45, 2.75) is 68.3 Å². The SMILES string of the molecule is CO[C@@]12CC(=O)O[C@@]13C(=O)C=CC(=O)[C@@]3(O[C@H]1CC[C@H](OCc3ccccc3)[C@H](C)O1)CO2. The van der Waals surface area contributed by atoms with Crippen LogP contribution in [0.1, 0.15) is 31.7 Å². The molecule has 0 N–H and O–H groups in total. The second kappa shape index (κ2) is 8.11. The van der Waals surface area contributed by atoms with Crippen LogP contribution in [0.15, 0.2) is 42.5 Å². The minimum absolute atomic E-state index is 0.165. The Kier molecular flexibility index (Phi) is 5.49. The van der Waals surface area contributed by atoms with Crippen LogP contribution in [0.2, 0.25) is 0 Å². The molecule has 0 amide bonds. The van der Waals surface area contributed by atoms with E-state index >= 15 is 0 Å². The first-order valence-corrected chi connectivity index (χ1v) is 11.0. The van der Waals surface area contributed by atoms with Crippen molar-refractivity contribution in [1.82, 2.24) is 0 Å². The van der Waals surface area contributed by atoms with Gasteiger partial charge in [-0.3, -0.25) is 14.4 Å². The van der Waals surface area contributed by atoms with Gasteiger partial charge in [-0.05, 0) is 31.1 Å². The number of benzene rings is 1. The maximum atomic E-state index is 13.2. The molecule has 4 aliphatic rings. The van der Waals surface area contributed by atoms with E-state index in [1.807, 2.05) is 37.3 Å². The Bertz CT molecular complexity index is 991. The van der Waals surface area contributed by atoms with E-state index in [2.05, 4.69) is 0 Å². The molecule has 1 aromatic carbocycles. The Morgan fingerprint density at radius 2 is 1.82 bits per heavy atom. The number of ketones is 2. The molecule has 1 aromatic rings. The van der Waals surface area contributed by atoms with Crippen molar-refractivity contribution in [2.24, 2.45) is 0 Å². The van der Waals surface area contributed by atoms with Crippen molar-refractivity contribution in [3.05, 3.63) is 48.0 Å². The van der Waals surface area contributed by atoms with Crippen LogP contribution in [-0.2, 0) is 49.4 Å². The highest BCUT2D eigenvalue weighted by Gasteiger charge is 2.84. The molecule has 1 aliphatic carbocycles. The number of carbonyl (C=O) groups excluding carboxylic acids is 3. The molecule has 3 fully saturated rings. The highest BCUT2D eigenvalue weighted by Crippen LogP contribution is 2.57. The molecule has 0 radical (unpaired) electrons. The van der Waals surface area contributed by atoms with E-state index in [1.165, 1.54) is 7.11 Å². The van der Waals surface area contributed by atoms with Gasteiger partial charge in [0.1, 0.15) is 6.42 Å². The zero-order valence-electron chi connectivity index (χ0n) is 18.5. The van der Waals surface area contributed by atoms with Crippen molar-refractivity contribution in [3.63, 3.8) is 0 Å². The Balaban J connectivity index is 1.34. The lowest BCUT2D eigenvalue weighted by Crippen LogP contribution is -2.72. The fourth-order valence-corrected chi connectivity index (χ4v) is 5.23. The molecule has 0 aromatic heterocycles. The zero-order chi connectivity index (χ0) is 23.3. The second-order valence-electron chi connectivity index (χ2n) is 8.77. The van der Waals surface area contributed by atoms with Crippen molar-refractivity contribution in [3.8, 4) is 0 Å². The van der Waals surface area contributed by atoms with Gasteiger partial charge in [-0.1, -0.05) is 30.3 Å². The Hall–Kier alpha value is -2.43. The first-order valence-electron chi connectivity index (χ1n) is 11.0. The summed E-state index contributed by atoms with van der Waals surface area (Å²) < 4.78 is 35.1. The highest BCUT2D eigenvalue weighted by atomic mass is 16.8. The first-order chi connectivity index (χ1) is 15.9. The number of hydrogen-bond acceptors (Lipinski definition) is 9. The fourth-order valence-electron chi connectivity index (χ4n) is 5.23. The Morgan fingerprint density at radius 1 is 1.06 bits per heavy atom. The molecule has 9 heteroatoms. The second-order valence-corrected chi connectivity index (χ2v) is 8.77. The van der Waals surface area contributed by atoms with Gasteiger partial charge in [-0.2, -0.15) is 0 Å². The Labute approximate surface area is 190 Å². The summed E-state index contributed by atoms with van der Waals surface area (Å²) in [6.07, 6.45) is 1.62. The van der Waals surface area contributed by atoms with Gasteiger partial charge in [0.15, 0.2) is 12.1 Å². The van der Waals surface area contributed by atoms with Gasteiger partial charge in [0.25, 0.3) is 5.60 Å². The summed E-state index contributed by atoms with van der Waals surface area (Å²) in [7, 11) is 1.31. The summed E-state index contributed by atoms with van der Waals surface area (Å²) in [5.41, 5.74) is -2.88. The number of ether oxygens (including phenoxy) is 6. The van der Waals surface area contributed by atoms with E-state index in [4.69, 9.17) is 28.4 Å². The van der Waals surface area contributed by atoms with E-state index in [-0.39, 0.29) is 25.2 Å². The van der Waals surface area contributed by atoms with Crippen LogP contribution < -0.4 is 0 Å². The largest absolute Gasteiger partial charge is 0.441 e. The predicted octanol–water partition coefficient (Wildman–Crippen LogP) is 1.62. The van der Waals surface area contributed by atoms with Crippen molar-refractivity contribution in [2.75, 3.05) is 13.7 Å². The molecular weight excluding hydrogens is 432 g/mol. The molecule has 0 unspecified atom stereocenters. The van der Waals surface area contributed by atoms with Crippen LogP contribution in [0, 0.1) is 0 Å². The van der Waals surface area contributed by atoms with Crippen molar-refractivity contribution in [1.29, 1.82) is 0 Å². The van der Waals surface area contributed by atoms with E-state index in [1.54, 1.807) is 0 Å². The molecule has 33 heavy (non-hydrogen) atoms. The predicted molar refractivity (Wildman–Crippen MR) is 111 cm³/mol. The zero-order valence-corrected chi connectivity index (χ0v) is 18.5. The third kappa shape index (κ3) is 3.22. The minimum atomic E-state index is -2.05. The average Bonchev–Trinajstić information content (AvgIpc) is 3.26. The smallest absolute Gasteiger partial charge is 0.312 e. The van der Waals surface area contributed by atoms with Crippen LogP contribution >= 0.6 is 0 Å². The monoisotopic (exact) mass is 458 g/mol. The lowest BCUT2D eigenvalue weighted by atomic mass is 9.70. The maximum Gasteiger partial charge on any atom is 0.312 e. The van der Waals surface area contributed by atoms with Gasteiger partial charge >= 0.3 is 5.97 Å². The molecule has 3 aliphatic heterocycles. The number of methoxy groups -OCH3 is 1. The van der Waals surface area contributed by atoms with Gasteiger partial charge in [-0.15, -0.1) is 0 Å². The summed E-state index contributed by atoms with van der Waals surface area (Å²) in [4.78, 5) is 38.5. The first kappa shape index (κ1) is 22.4. The normalized spacial score (nSPS) is 39.9. The van der Waals surface area contributed by atoms with Crippen LogP contribution in [-0.4, -0.2) is 66.7 Å². The average molecular weight is 458 g/mol. The molecular formula is C24H26O9. The summed E-state index contributed by atoms with van der Waals surface area (Å²) in [6, 6.07) is 9.83. The van der Waals surface area contributed by atoms with Crippen LogP contribution in [0.25, 0.3) is 0 Å². The van der Waals surface area contributed by atoms with Crippen LogP contribution in [0.5, 0.6) is 0 Å². The molecule has 3 heterocycles. The van der Waals surface area contributed by atoms with Crippen molar-refractivity contribution >= 4 is 17.5 Å². The maximum absolute atomic E-state index is 13.2. The fraction of sp³-hybridized carbons (Fsp3) is 0.542. The van der Waals surface area contributed by atoms with E-state index in [0.717, 1.165) is 17.7 Å². The summed E-state index contributed by atoms with van der Waals surface area (Å²) in [6.45, 7) is 2.02. The van der Waals surface area contributed by atoms with E-state index < -0.39 is 40.8 Å². The third-order valence-electron chi connectivity index (χ3n) is 6.93. The van der Waals surface area contributed by atoms with Crippen molar-refractivity contribution < 1.29 is 42.8 Å². The molecule has 6 atom stereocenters. The quantitative estimate of drug-likeness (QED) is 0.588. The molecule has 9 nitrogen and oxygen atoms in total. The number of hydrogen-bond donors (Lipinski definition) is 0. The molecule has 5 rings (SSSR count). The molecule has 1 spiro atoms. The Morgan fingerprint density at radius 3 is 2.55 bits per heavy atom. The van der Waals surface area contributed by atoms with E-state index in [0.29, 0.717) is 19.4 Å². The number of esters is 1. The van der Waals surface area contributed by atoms with Gasteiger partial charge in [0.05, 0.1) is 25.4 Å². The summed E-state index contributed by atoms with van der Waals surface area (Å²) >= 11 is 0. The summed E-state index contributed by atoms with van der Waals surface area (Å²) in [5.74, 6) is -3.58. The van der Waals surface area contributed by atoms with Gasteiger partial charge in [0.2, 0.25) is 17.2 Å². The summed E-state index contributed by atoms with van der Waals surface area (Å²) in [5, 5.41) is 0. The minimum Gasteiger partial charge on any atom is -0.441 e. The number of rotatable bonds is 6. The van der Waals surface area contributed by atoms with Gasteiger partial charge in [0, 0.05) is 13.5 Å². The lowest BCUT2D eigenvalue weighted by Gasteiger charge is -2.45. The van der Waals surface area contributed by atoms with Crippen LogP contribution in [0.4, 0.5) is 0 Å². The molecule has 3 saturated heterocycles. The third-order valence-corrected chi connectivity index (χ3v) is 6.93. The van der Waals surface area contributed by atoms with Gasteiger partial charge < -0.3 is 28.4 Å². The molecule has 0 saturated carbocycles. The lowest BCUT2D eigenvalue weighted by molar-refractivity contribution is -0.289.